The zero-order valence-corrected chi connectivity index (χ0v) is 29.5. The first kappa shape index (κ1) is 35.6. The van der Waals surface area contributed by atoms with Crippen molar-refractivity contribution in [3.05, 3.63) is 75.5 Å². The van der Waals surface area contributed by atoms with Crippen molar-refractivity contribution in [2.24, 2.45) is 5.92 Å². The minimum absolute atomic E-state index is 0.0101. The summed E-state index contributed by atoms with van der Waals surface area (Å²) in [6.07, 6.45) is 4.89. The Balaban J connectivity index is 1.29. The van der Waals surface area contributed by atoms with Gasteiger partial charge >= 0.3 is 12.6 Å². The van der Waals surface area contributed by atoms with Crippen molar-refractivity contribution < 1.29 is 41.0 Å². The zero-order valence-electron chi connectivity index (χ0n) is 26.3. The summed E-state index contributed by atoms with van der Waals surface area (Å²) in [5, 5.41) is -0.786. The Morgan fingerprint density at radius 1 is 1.06 bits per heavy atom. The van der Waals surface area contributed by atoms with Crippen molar-refractivity contribution in [2.75, 3.05) is 30.3 Å². The van der Waals surface area contributed by atoms with E-state index in [2.05, 4.69) is 9.72 Å². The molecule has 16 heteroatoms. The maximum atomic E-state index is 14.0. The van der Waals surface area contributed by atoms with Crippen molar-refractivity contribution in [2.45, 2.75) is 62.0 Å². The fraction of sp³-hybridized carbons (Fsp3) is 0.424. The maximum Gasteiger partial charge on any atom is 0.387 e. The third-order valence-electron chi connectivity index (χ3n) is 8.53. The van der Waals surface area contributed by atoms with E-state index in [1.807, 2.05) is 0 Å². The highest BCUT2D eigenvalue weighted by atomic mass is 35.5. The van der Waals surface area contributed by atoms with Crippen LogP contribution in [0.3, 0.4) is 0 Å². The molecule has 0 radical (unpaired) electrons. The van der Waals surface area contributed by atoms with Crippen LogP contribution in [0.5, 0.6) is 11.5 Å². The van der Waals surface area contributed by atoms with Gasteiger partial charge in [-0.2, -0.15) is 13.1 Å². The maximum absolute atomic E-state index is 14.0. The summed E-state index contributed by atoms with van der Waals surface area (Å²) in [6.45, 7) is -0.703. The number of anilines is 1. The third-order valence-corrected chi connectivity index (χ3v) is 12.4. The molecule has 1 aliphatic carbocycles. The topological polar surface area (TPSA) is 115 Å². The van der Waals surface area contributed by atoms with Gasteiger partial charge in [-0.25, -0.2) is 13.2 Å². The number of pyridine rings is 1. The van der Waals surface area contributed by atoms with Crippen molar-refractivity contribution >= 4 is 62.6 Å². The first-order chi connectivity index (χ1) is 23.4. The molecule has 0 bridgehead atoms. The van der Waals surface area contributed by atoms with Crippen LogP contribution in [0, 0.1) is 5.92 Å². The van der Waals surface area contributed by atoms with Gasteiger partial charge in [-0.15, -0.1) is 11.8 Å². The summed E-state index contributed by atoms with van der Waals surface area (Å²) in [5.74, 6) is -0.435. The molecule has 6 rings (SSSR count). The average molecular weight is 757 g/mol. The molecule has 1 amide bonds. The normalized spacial score (nSPS) is 18.7. The number of halogens is 4. The number of carbonyl (C=O) groups is 2. The first-order valence-electron chi connectivity index (χ1n) is 15.7. The molecule has 3 aliphatic rings. The predicted octanol–water partition coefficient (Wildman–Crippen LogP) is 6.67. The number of sulfonamides is 1. The van der Waals surface area contributed by atoms with E-state index >= 15 is 0 Å². The summed E-state index contributed by atoms with van der Waals surface area (Å²) >= 11 is 14.0. The average Bonchev–Trinajstić information content (AvgIpc) is 3.76. The molecule has 3 aromatic rings. The van der Waals surface area contributed by atoms with E-state index in [0.717, 1.165) is 34.5 Å². The lowest BCUT2D eigenvalue weighted by Crippen LogP contribution is -2.41. The number of ether oxygens (including phenoxy) is 3. The number of aromatic nitrogens is 1. The molecule has 49 heavy (non-hydrogen) atoms. The van der Waals surface area contributed by atoms with Gasteiger partial charge < -0.3 is 19.1 Å². The molecule has 2 fully saturated rings. The number of carbonyl (C=O) groups excluding carboxylic acids is 2. The van der Waals surface area contributed by atoms with Crippen LogP contribution in [0.25, 0.3) is 0 Å². The second kappa shape index (κ2) is 15.0. The standard InChI is InChI=1S/C33H33Cl2F2N3O7S2/c1-19(41)39-10-2-3-21-13-23(7-8-27(21)39)49(43,44)40-11-12-48-31(40)32(42)46-29(15-24-25(34)16-38-17-26(24)35)22-6-9-28(47-33(36)37)30(14-22)45-18-20-4-5-20/h6-9,13-14,16-17,20,29,31,33H,2-5,10-12,15,18H2,1H3/t29-,31-/m0/s1. The number of benzene rings is 2. The molecule has 2 aromatic carbocycles. The number of fused-ring (bicyclic) bond motifs is 1. The van der Waals surface area contributed by atoms with Crippen LogP contribution in [0.1, 0.15) is 49.0 Å². The summed E-state index contributed by atoms with van der Waals surface area (Å²) in [5.41, 5.74) is 2.19. The summed E-state index contributed by atoms with van der Waals surface area (Å²) in [7, 11) is -4.16. The molecule has 2 atom stereocenters. The number of rotatable bonds is 12. The van der Waals surface area contributed by atoms with E-state index in [1.165, 1.54) is 43.6 Å². The van der Waals surface area contributed by atoms with Gasteiger partial charge in [-0.1, -0.05) is 29.3 Å². The lowest BCUT2D eigenvalue weighted by atomic mass is 10.0. The Morgan fingerprint density at radius 2 is 1.82 bits per heavy atom. The van der Waals surface area contributed by atoms with Crippen LogP contribution in [0.2, 0.25) is 10.0 Å². The minimum Gasteiger partial charge on any atom is -0.489 e. The Labute approximate surface area is 297 Å². The van der Waals surface area contributed by atoms with Gasteiger partial charge in [0.1, 0.15) is 6.10 Å². The molecule has 10 nitrogen and oxygen atoms in total. The zero-order chi connectivity index (χ0) is 34.9. The van der Waals surface area contributed by atoms with Crippen molar-refractivity contribution in [1.29, 1.82) is 0 Å². The molecule has 1 saturated heterocycles. The summed E-state index contributed by atoms with van der Waals surface area (Å²) < 4.78 is 72.1. The summed E-state index contributed by atoms with van der Waals surface area (Å²) in [6, 6.07) is 8.88. The van der Waals surface area contributed by atoms with Crippen molar-refractivity contribution in [1.82, 2.24) is 9.29 Å². The smallest absolute Gasteiger partial charge is 0.387 e. The van der Waals surface area contributed by atoms with E-state index in [1.54, 1.807) is 17.0 Å². The summed E-state index contributed by atoms with van der Waals surface area (Å²) in [4.78, 5) is 31.7. The van der Waals surface area contributed by atoms with Gasteiger partial charge in [0.25, 0.3) is 0 Å². The highest BCUT2D eigenvalue weighted by Crippen LogP contribution is 2.40. The number of thioether (sulfide) groups is 1. The van der Waals surface area contributed by atoms with Crippen LogP contribution < -0.4 is 14.4 Å². The Kier molecular flexibility index (Phi) is 10.9. The van der Waals surface area contributed by atoms with Gasteiger partial charge in [-0.05, 0) is 78.6 Å². The monoisotopic (exact) mass is 755 g/mol. The predicted molar refractivity (Wildman–Crippen MR) is 181 cm³/mol. The van der Waals surface area contributed by atoms with E-state index in [-0.39, 0.29) is 45.3 Å². The number of hydrogen-bond acceptors (Lipinski definition) is 9. The fourth-order valence-corrected chi connectivity index (χ4v) is 9.47. The number of alkyl halides is 2. The van der Waals surface area contributed by atoms with E-state index < -0.39 is 34.1 Å². The molecular weight excluding hydrogens is 723 g/mol. The largest absolute Gasteiger partial charge is 0.489 e. The van der Waals surface area contributed by atoms with Crippen LogP contribution in [0.4, 0.5) is 14.5 Å². The van der Waals surface area contributed by atoms with Crippen LogP contribution >= 0.6 is 35.0 Å². The number of aryl methyl sites for hydroxylation is 1. The Morgan fingerprint density at radius 3 is 2.51 bits per heavy atom. The molecule has 0 unspecified atom stereocenters. The van der Waals surface area contributed by atoms with Crippen LogP contribution in [0.15, 0.2) is 53.7 Å². The van der Waals surface area contributed by atoms with Gasteiger partial charge in [0.15, 0.2) is 16.9 Å². The SMILES string of the molecule is CC(=O)N1CCCc2cc(S(=O)(=O)N3CCS[C@H]3C(=O)O[C@@H](Cc3c(Cl)cncc3Cl)c3ccc(OC(F)F)c(OCC4CC4)c3)ccc21. The quantitative estimate of drug-likeness (QED) is 0.187. The molecule has 0 spiro atoms. The Bertz CT molecular complexity index is 1830. The molecule has 3 heterocycles. The minimum atomic E-state index is -4.16. The van der Waals surface area contributed by atoms with E-state index in [4.69, 9.17) is 32.7 Å². The third kappa shape index (κ3) is 8.09. The highest BCUT2D eigenvalue weighted by molar-refractivity contribution is 8.02. The molecule has 262 valence electrons. The van der Waals surface area contributed by atoms with Gasteiger partial charge in [-0.3, -0.25) is 9.78 Å². The van der Waals surface area contributed by atoms with E-state index in [0.29, 0.717) is 54.5 Å². The molecule has 1 saturated carbocycles. The first-order valence-corrected chi connectivity index (χ1v) is 18.9. The second-order valence-electron chi connectivity index (χ2n) is 12.0. The second-order valence-corrected chi connectivity index (χ2v) is 15.8. The molecule has 2 aliphatic heterocycles. The van der Waals surface area contributed by atoms with Crippen molar-refractivity contribution in [3.8, 4) is 11.5 Å². The van der Waals surface area contributed by atoms with Crippen LogP contribution in [-0.2, 0) is 37.2 Å². The number of hydrogen-bond donors (Lipinski definition) is 0. The fourth-order valence-electron chi connectivity index (χ4n) is 5.85. The Hall–Kier alpha value is -3.17. The van der Waals surface area contributed by atoms with Gasteiger partial charge in [0.2, 0.25) is 15.9 Å². The van der Waals surface area contributed by atoms with Gasteiger partial charge in [0.05, 0.1) is 21.5 Å². The highest BCUT2D eigenvalue weighted by Gasteiger charge is 2.42. The number of nitrogens with zero attached hydrogens (tertiary/aromatic N) is 3. The van der Waals surface area contributed by atoms with Crippen molar-refractivity contribution in [3.63, 3.8) is 0 Å². The number of amides is 1. The molecule has 1 aromatic heterocycles. The van der Waals surface area contributed by atoms with Gasteiger partial charge in [0, 0.05) is 50.3 Å². The van der Waals surface area contributed by atoms with E-state index in [9.17, 15) is 26.8 Å². The lowest BCUT2D eigenvalue weighted by molar-refractivity contribution is -0.150. The molecule has 0 N–H and O–H groups in total. The lowest BCUT2D eigenvalue weighted by Gasteiger charge is -2.29. The molecular formula is C33H33Cl2F2N3O7S2. The number of esters is 1. The van der Waals surface area contributed by atoms with Crippen LogP contribution in [-0.4, -0.2) is 67.0 Å².